The van der Waals surface area contributed by atoms with Crippen LogP contribution in [-0.2, 0) is 11.2 Å². The molecule has 2 aromatic carbocycles. The summed E-state index contributed by atoms with van der Waals surface area (Å²) in [4.78, 5) is 27.6. The Hall–Kier alpha value is -2.86. The van der Waals surface area contributed by atoms with Crippen molar-refractivity contribution >= 4 is 17.4 Å². The summed E-state index contributed by atoms with van der Waals surface area (Å²) in [5.41, 5.74) is 3.65. The molecule has 0 bridgehead atoms. The van der Waals surface area contributed by atoms with Gasteiger partial charge in [0.2, 0.25) is 0 Å². The summed E-state index contributed by atoms with van der Waals surface area (Å²) in [7, 11) is 3.27. The van der Waals surface area contributed by atoms with E-state index in [1.165, 1.54) is 16.0 Å². The van der Waals surface area contributed by atoms with Crippen molar-refractivity contribution in [2.45, 2.75) is 19.4 Å². The number of amides is 1. The quantitative estimate of drug-likeness (QED) is 0.830. The van der Waals surface area contributed by atoms with E-state index in [0.29, 0.717) is 23.7 Å². The van der Waals surface area contributed by atoms with E-state index in [9.17, 15) is 9.59 Å². The number of benzene rings is 2. The Balaban J connectivity index is 1.62. The second-order valence-corrected chi connectivity index (χ2v) is 7.02. The van der Waals surface area contributed by atoms with Crippen molar-refractivity contribution in [1.82, 2.24) is 0 Å². The van der Waals surface area contributed by atoms with Gasteiger partial charge >= 0.3 is 5.91 Å². The third-order valence-corrected chi connectivity index (χ3v) is 5.68. The fourth-order valence-electron chi connectivity index (χ4n) is 4.11. The standard InChI is InChI=1S/C21H22N2O4/c1-13-16-11-19(27-3)18(26-2)10-14(16)8-9-22(13)12-23-17-7-5-4-6-15(17)20(24)21(23)25/h4-7,10-11,13H,8-9,12H2,1-3H3/p+1/t13-/m0/s1. The molecule has 2 aliphatic rings. The maximum atomic E-state index is 12.5. The largest absolute Gasteiger partial charge is 0.493 e. The van der Waals surface area contributed by atoms with Gasteiger partial charge in [0, 0.05) is 12.0 Å². The highest BCUT2D eigenvalue weighted by Crippen LogP contribution is 2.34. The third kappa shape index (κ3) is 2.77. The van der Waals surface area contributed by atoms with E-state index in [2.05, 4.69) is 6.92 Å². The summed E-state index contributed by atoms with van der Waals surface area (Å²) in [5.74, 6) is 0.596. The van der Waals surface area contributed by atoms with Crippen LogP contribution in [0.25, 0.3) is 0 Å². The van der Waals surface area contributed by atoms with E-state index in [-0.39, 0.29) is 6.04 Å². The van der Waals surface area contributed by atoms with Crippen LogP contribution in [0.1, 0.15) is 34.5 Å². The Labute approximate surface area is 158 Å². The number of quaternary nitrogens is 1. The van der Waals surface area contributed by atoms with Crippen molar-refractivity contribution in [3.05, 3.63) is 53.1 Å². The summed E-state index contributed by atoms with van der Waals surface area (Å²) in [6.07, 6.45) is 0.882. The number of Topliss-reactive ketones (excluding diaryl/α,β-unsaturated/α-hetero) is 1. The van der Waals surface area contributed by atoms with Gasteiger partial charge < -0.3 is 14.4 Å². The Bertz CT molecular complexity index is 924. The van der Waals surface area contributed by atoms with Crippen molar-refractivity contribution in [3.8, 4) is 11.5 Å². The fraction of sp³-hybridized carbons (Fsp3) is 0.333. The molecule has 0 aromatic heterocycles. The normalized spacial score (nSPS) is 21.1. The van der Waals surface area contributed by atoms with Crippen LogP contribution in [0.2, 0.25) is 0 Å². The average Bonchev–Trinajstić information content (AvgIpc) is 2.94. The number of carbonyl (C=O) groups excluding carboxylic acids is 2. The van der Waals surface area contributed by atoms with Crippen LogP contribution in [0.15, 0.2) is 36.4 Å². The van der Waals surface area contributed by atoms with Crippen LogP contribution < -0.4 is 19.3 Å². The van der Waals surface area contributed by atoms with Gasteiger partial charge in [-0.05, 0) is 36.8 Å². The lowest BCUT2D eigenvalue weighted by molar-refractivity contribution is -0.930. The number of rotatable bonds is 4. The van der Waals surface area contributed by atoms with Gasteiger partial charge in [-0.2, -0.15) is 0 Å². The number of fused-ring (bicyclic) bond motifs is 2. The lowest BCUT2D eigenvalue weighted by atomic mass is 9.93. The first kappa shape index (κ1) is 17.5. The molecule has 1 amide bonds. The van der Waals surface area contributed by atoms with Crippen molar-refractivity contribution < 1.29 is 24.0 Å². The van der Waals surface area contributed by atoms with Crippen LogP contribution in [-0.4, -0.2) is 39.1 Å². The van der Waals surface area contributed by atoms with Gasteiger partial charge in [0.1, 0.15) is 6.04 Å². The van der Waals surface area contributed by atoms with Gasteiger partial charge in [-0.15, -0.1) is 0 Å². The van der Waals surface area contributed by atoms with Crippen molar-refractivity contribution in [1.29, 1.82) is 0 Å². The second kappa shape index (κ2) is 6.70. The molecule has 6 nitrogen and oxygen atoms in total. The number of methoxy groups -OCH3 is 2. The number of nitrogens with zero attached hydrogens (tertiary/aromatic N) is 1. The molecule has 2 aromatic rings. The number of hydrogen-bond acceptors (Lipinski definition) is 4. The SMILES string of the molecule is COc1cc2c(cc1OC)[C@H](C)[NH+](CN1C(=O)C(=O)c3ccccc31)CC2. The van der Waals surface area contributed by atoms with Crippen LogP contribution in [0.4, 0.5) is 5.69 Å². The fourth-order valence-corrected chi connectivity index (χ4v) is 4.11. The molecular weight excluding hydrogens is 344 g/mol. The number of carbonyl (C=O) groups is 2. The van der Waals surface area contributed by atoms with E-state index in [0.717, 1.165) is 18.7 Å². The second-order valence-electron chi connectivity index (χ2n) is 7.02. The molecule has 6 heteroatoms. The van der Waals surface area contributed by atoms with E-state index >= 15 is 0 Å². The molecule has 0 spiro atoms. The zero-order chi connectivity index (χ0) is 19.1. The van der Waals surface area contributed by atoms with Crippen molar-refractivity contribution in [3.63, 3.8) is 0 Å². The predicted molar refractivity (Wildman–Crippen MR) is 101 cm³/mol. The molecule has 4 rings (SSSR count). The Morgan fingerprint density at radius 3 is 2.56 bits per heavy atom. The Morgan fingerprint density at radius 2 is 1.81 bits per heavy atom. The summed E-state index contributed by atoms with van der Waals surface area (Å²) < 4.78 is 10.9. The molecule has 1 N–H and O–H groups in total. The summed E-state index contributed by atoms with van der Waals surface area (Å²) >= 11 is 0. The van der Waals surface area contributed by atoms with Gasteiger partial charge in [-0.1, -0.05) is 12.1 Å². The van der Waals surface area contributed by atoms with Gasteiger partial charge in [0.05, 0.1) is 32.0 Å². The number of hydrogen-bond donors (Lipinski definition) is 1. The minimum absolute atomic E-state index is 0.171. The van der Waals surface area contributed by atoms with Gasteiger partial charge in [-0.25, -0.2) is 0 Å². The first-order valence-electron chi connectivity index (χ1n) is 9.09. The van der Waals surface area contributed by atoms with Crippen LogP contribution in [0, 0.1) is 0 Å². The molecule has 1 unspecified atom stereocenters. The molecule has 0 saturated heterocycles. The number of ether oxygens (including phenoxy) is 2. The lowest BCUT2D eigenvalue weighted by Gasteiger charge is -2.35. The highest BCUT2D eigenvalue weighted by atomic mass is 16.5. The lowest BCUT2D eigenvalue weighted by Crippen LogP contribution is -3.14. The average molecular weight is 367 g/mol. The maximum absolute atomic E-state index is 12.5. The number of anilines is 1. The topological polar surface area (TPSA) is 60.3 Å². The van der Waals surface area contributed by atoms with E-state index < -0.39 is 11.7 Å². The molecule has 140 valence electrons. The molecule has 27 heavy (non-hydrogen) atoms. The molecule has 2 aliphatic heterocycles. The first-order chi connectivity index (χ1) is 13.0. The molecule has 2 heterocycles. The van der Waals surface area contributed by atoms with Crippen molar-refractivity contribution in [2.75, 3.05) is 32.3 Å². The van der Waals surface area contributed by atoms with Crippen LogP contribution in [0.5, 0.6) is 11.5 Å². The van der Waals surface area contributed by atoms with Gasteiger partial charge in [0.25, 0.3) is 5.78 Å². The Morgan fingerprint density at radius 1 is 1.11 bits per heavy atom. The highest BCUT2D eigenvalue weighted by molar-refractivity contribution is 6.52. The molecule has 0 radical (unpaired) electrons. The smallest absolute Gasteiger partial charge is 0.303 e. The Kier molecular flexibility index (Phi) is 4.36. The summed E-state index contributed by atoms with van der Waals surface area (Å²) in [6.45, 7) is 3.49. The highest BCUT2D eigenvalue weighted by Gasteiger charge is 2.39. The number of nitrogens with one attached hydrogen (secondary N) is 1. The van der Waals surface area contributed by atoms with Crippen LogP contribution in [0.3, 0.4) is 0 Å². The van der Waals surface area contributed by atoms with E-state index in [1.54, 1.807) is 31.3 Å². The zero-order valence-corrected chi connectivity index (χ0v) is 15.7. The minimum atomic E-state index is -0.436. The monoisotopic (exact) mass is 367 g/mol. The van der Waals surface area contributed by atoms with Gasteiger partial charge in [-0.3, -0.25) is 14.5 Å². The van der Waals surface area contributed by atoms with Crippen molar-refractivity contribution in [2.24, 2.45) is 0 Å². The maximum Gasteiger partial charge on any atom is 0.303 e. The first-order valence-corrected chi connectivity index (χ1v) is 9.09. The summed E-state index contributed by atoms with van der Waals surface area (Å²) in [6, 6.07) is 11.5. The number of para-hydroxylation sites is 1. The van der Waals surface area contributed by atoms with E-state index in [1.807, 2.05) is 24.3 Å². The summed E-state index contributed by atoms with van der Waals surface area (Å²) in [5, 5.41) is 0. The molecule has 0 fully saturated rings. The zero-order valence-electron chi connectivity index (χ0n) is 15.7. The van der Waals surface area contributed by atoms with E-state index in [4.69, 9.17) is 9.47 Å². The molecular formula is C21H23N2O4+. The number of ketones is 1. The van der Waals surface area contributed by atoms with Gasteiger partial charge in [0.15, 0.2) is 18.2 Å². The molecule has 2 atom stereocenters. The minimum Gasteiger partial charge on any atom is -0.493 e. The third-order valence-electron chi connectivity index (χ3n) is 5.68. The van der Waals surface area contributed by atoms with Crippen LogP contribution >= 0.6 is 0 Å². The molecule has 0 saturated carbocycles. The molecule has 0 aliphatic carbocycles. The predicted octanol–water partition coefficient (Wildman–Crippen LogP) is 1.39.